The molecule has 0 aliphatic carbocycles. The van der Waals surface area contributed by atoms with Crippen LogP contribution in [0.15, 0.2) is 6.07 Å². The lowest BCUT2D eigenvalue weighted by Crippen LogP contribution is -2.50. The number of ether oxygens (including phenoxy) is 1. The number of nitrogens with zero attached hydrogens (tertiary/aromatic N) is 2. The normalized spacial score (nSPS) is 17.7. The number of hydrogen-bond acceptors (Lipinski definition) is 5. The molecule has 1 amide bonds. The number of carbonyl (C=O) groups is 1. The van der Waals surface area contributed by atoms with Crippen LogP contribution in [-0.2, 0) is 4.74 Å². The molecule has 1 N–H and O–H groups in total. The number of rotatable bonds is 6. The molecule has 0 unspecified atom stereocenters. The summed E-state index contributed by atoms with van der Waals surface area (Å²) in [5.74, 6) is 0.136. The summed E-state index contributed by atoms with van der Waals surface area (Å²) in [5, 5.41) is 9.88. The van der Waals surface area contributed by atoms with Gasteiger partial charge in [0.1, 0.15) is 0 Å². The Bertz CT molecular complexity index is 496. The molecule has 1 aliphatic heterocycles. The Labute approximate surface area is 136 Å². The van der Waals surface area contributed by atoms with Crippen molar-refractivity contribution in [3.05, 3.63) is 21.4 Å². The zero-order valence-corrected chi connectivity index (χ0v) is 14.5. The third-order valence-electron chi connectivity index (χ3n) is 3.91. The lowest BCUT2D eigenvalue weighted by atomic mass is 10.2. The minimum absolute atomic E-state index is 0.136. The standard InChI is InChI=1S/C16H26N2O3S/c1-4-21-11-14(19)10-17-5-7-18(8-6-17)16(20)15-9-12(2)22-13(15)3/h9,14,19H,4-8,10-11H2,1-3H3/t14-/m0/s1. The van der Waals surface area contributed by atoms with Gasteiger partial charge in [-0.15, -0.1) is 11.3 Å². The first-order valence-corrected chi connectivity index (χ1v) is 8.67. The fraction of sp³-hybridized carbons (Fsp3) is 0.688. The molecule has 0 aromatic carbocycles. The predicted octanol–water partition coefficient (Wildman–Crippen LogP) is 1.52. The van der Waals surface area contributed by atoms with Gasteiger partial charge >= 0.3 is 0 Å². The summed E-state index contributed by atoms with van der Waals surface area (Å²) < 4.78 is 5.23. The Morgan fingerprint density at radius 1 is 1.36 bits per heavy atom. The van der Waals surface area contributed by atoms with Gasteiger partial charge in [0.15, 0.2) is 0 Å². The van der Waals surface area contributed by atoms with E-state index in [0.717, 1.165) is 23.5 Å². The molecule has 1 aromatic heterocycles. The van der Waals surface area contributed by atoms with E-state index in [0.29, 0.717) is 32.8 Å². The molecule has 1 aromatic rings. The average molecular weight is 326 g/mol. The molecule has 0 spiro atoms. The van der Waals surface area contributed by atoms with Crippen LogP contribution in [0, 0.1) is 13.8 Å². The number of β-amino-alcohol motifs (C(OH)–C–C–N with tert-alkyl or cyclic N) is 1. The van der Waals surface area contributed by atoms with Gasteiger partial charge in [-0.3, -0.25) is 9.69 Å². The fourth-order valence-corrected chi connectivity index (χ4v) is 3.67. The van der Waals surface area contributed by atoms with Gasteiger partial charge in [0.25, 0.3) is 5.91 Å². The van der Waals surface area contributed by atoms with Gasteiger partial charge in [0.2, 0.25) is 0 Å². The zero-order chi connectivity index (χ0) is 16.1. The SMILES string of the molecule is CCOC[C@@H](O)CN1CCN(C(=O)c2cc(C)sc2C)CC1. The number of hydrogen-bond donors (Lipinski definition) is 1. The van der Waals surface area contributed by atoms with Gasteiger partial charge in [-0.25, -0.2) is 0 Å². The highest BCUT2D eigenvalue weighted by molar-refractivity contribution is 7.12. The van der Waals surface area contributed by atoms with Crippen LogP contribution in [0.2, 0.25) is 0 Å². The van der Waals surface area contributed by atoms with Crippen molar-refractivity contribution in [3.63, 3.8) is 0 Å². The van der Waals surface area contributed by atoms with Gasteiger partial charge in [0.05, 0.1) is 18.3 Å². The second kappa shape index (κ2) is 8.06. The van der Waals surface area contributed by atoms with Crippen molar-refractivity contribution < 1.29 is 14.6 Å². The predicted molar refractivity (Wildman–Crippen MR) is 88.6 cm³/mol. The van der Waals surface area contributed by atoms with Crippen LogP contribution < -0.4 is 0 Å². The van der Waals surface area contributed by atoms with Crippen LogP contribution in [0.25, 0.3) is 0 Å². The van der Waals surface area contributed by atoms with Gasteiger partial charge < -0.3 is 14.7 Å². The molecule has 1 saturated heterocycles. The van der Waals surface area contributed by atoms with Crippen LogP contribution in [0.3, 0.4) is 0 Å². The van der Waals surface area contributed by atoms with Crippen LogP contribution in [0.1, 0.15) is 27.0 Å². The summed E-state index contributed by atoms with van der Waals surface area (Å²) in [5.41, 5.74) is 0.840. The first kappa shape index (κ1) is 17.4. The molecule has 0 saturated carbocycles. The van der Waals surface area contributed by atoms with Gasteiger partial charge in [0, 0.05) is 49.1 Å². The Morgan fingerprint density at radius 2 is 2.05 bits per heavy atom. The highest BCUT2D eigenvalue weighted by Crippen LogP contribution is 2.22. The molecular weight excluding hydrogens is 300 g/mol. The Kier molecular flexibility index (Phi) is 6.37. The highest BCUT2D eigenvalue weighted by atomic mass is 32.1. The summed E-state index contributed by atoms with van der Waals surface area (Å²) >= 11 is 1.67. The van der Waals surface area contributed by atoms with E-state index in [1.54, 1.807) is 11.3 Å². The molecule has 1 fully saturated rings. The number of amides is 1. The van der Waals surface area contributed by atoms with E-state index < -0.39 is 6.10 Å². The lowest BCUT2D eigenvalue weighted by molar-refractivity contribution is 0.0111. The minimum atomic E-state index is -0.455. The largest absolute Gasteiger partial charge is 0.389 e. The summed E-state index contributed by atoms with van der Waals surface area (Å²) in [6.07, 6.45) is -0.455. The second-order valence-corrected chi connectivity index (χ2v) is 7.19. The van der Waals surface area contributed by atoms with Gasteiger partial charge in [-0.05, 0) is 26.8 Å². The molecule has 22 heavy (non-hydrogen) atoms. The van der Waals surface area contributed by atoms with Crippen LogP contribution in [0.5, 0.6) is 0 Å². The molecule has 0 radical (unpaired) electrons. The molecule has 1 aliphatic rings. The smallest absolute Gasteiger partial charge is 0.255 e. The Morgan fingerprint density at radius 3 is 2.59 bits per heavy atom. The summed E-state index contributed by atoms with van der Waals surface area (Å²) in [4.78, 5) is 18.9. The van der Waals surface area contributed by atoms with Crippen molar-refractivity contribution >= 4 is 17.2 Å². The molecule has 5 nitrogen and oxygen atoms in total. The number of aliphatic hydroxyl groups is 1. The number of thiophene rings is 1. The summed E-state index contributed by atoms with van der Waals surface area (Å²) in [6.45, 7) is 10.6. The second-order valence-electron chi connectivity index (χ2n) is 5.73. The Balaban J connectivity index is 1.82. The Hall–Kier alpha value is -0.950. The monoisotopic (exact) mass is 326 g/mol. The van der Waals surface area contributed by atoms with Crippen LogP contribution >= 0.6 is 11.3 Å². The summed E-state index contributed by atoms with van der Waals surface area (Å²) in [7, 11) is 0. The van der Waals surface area contributed by atoms with Crippen molar-refractivity contribution in [3.8, 4) is 0 Å². The topological polar surface area (TPSA) is 53.0 Å². The quantitative estimate of drug-likeness (QED) is 0.861. The molecule has 0 bridgehead atoms. The summed E-state index contributed by atoms with van der Waals surface area (Å²) in [6, 6.07) is 1.99. The first-order valence-electron chi connectivity index (χ1n) is 7.85. The van der Waals surface area contributed by atoms with Crippen molar-refractivity contribution in [2.24, 2.45) is 0 Å². The molecule has 2 heterocycles. The van der Waals surface area contributed by atoms with Crippen LogP contribution in [-0.4, -0.2) is 72.9 Å². The fourth-order valence-electron chi connectivity index (χ4n) is 2.75. The van der Waals surface area contributed by atoms with Crippen LogP contribution in [0.4, 0.5) is 0 Å². The van der Waals surface area contributed by atoms with Crippen molar-refractivity contribution in [1.82, 2.24) is 9.80 Å². The maximum absolute atomic E-state index is 12.5. The molecule has 6 heteroatoms. The zero-order valence-electron chi connectivity index (χ0n) is 13.7. The molecular formula is C16H26N2O3S. The van der Waals surface area contributed by atoms with Crippen molar-refractivity contribution in [1.29, 1.82) is 0 Å². The van der Waals surface area contributed by atoms with E-state index in [1.165, 1.54) is 4.88 Å². The first-order chi connectivity index (χ1) is 10.5. The third kappa shape index (κ3) is 4.52. The van der Waals surface area contributed by atoms with E-state index in [-0.39, 0.29) is 5.91 Å². The number of carbonyl (C=O) groups excluding carboxylic acids is 1. The van der Waals surface area contributed by atoms with Crippen molar-refractivity contribution in [2.75, 3.05) is 45.9 Å². The maximum Gasteiger partial charge on any atom is 0.255 e. The maximum atomic E-state index is 12.5. The number of piperazine rings is 1. The number of aliphatic hydroxyl groups excluding tert-OH is 1. The van der Waals surface area contributed by atoms with E-state index in [2.05, 4.69) is 4.90 Å². The average Bonchev–Trinajstić information content (AvgIpc) is 2.84. The van der Waals surface area contributed by atoms with Gasteiger partial charge in [-0.2, -0.15) is 0 Å². The van der Waals surface area contributed by atoms with E-state index in [1.807, 2.05) is 31.7 Å². The molecule has 2 rings (SSSR count). The third-order valence-corrected chi connectivity index (χ3v) is 4.88. The molecule has 1 atom stereocenters. The van der Waals surface area contributed by atoms with E-state index in [9.17, 15) is 9.90 Å². The van der Waals surface area contributed by atoms with Gasteiger partial charge in [-0.1, -0.05) is 0 Å². The molecule has 124 valence electrons. The number of aryl methyl sites for hydroxylation is 2. The lowest BCUT2D eigenvalue weighted by Gasteiger charge is -2.35. The van der Waals surface area contributed by atoms with E-state index >= 15 is 0 Å². The highest BCUT2D eigenvalue weighted by Gasteiger charge is 2.24. The van der Waals surface area contributed by atoms with E-state index in [4.69, 9.17) is 4.74 Å². The minimum Gasteiger partial charge on any atom is -0.389 e. The van der Waals surface area contributed by atoms with Crippen molar-refractivity contribution in [2.45, 2.75) is 26.9 Å².